The molecule has 0 aliphatic rings. The van der Waals surface area contributed by atoms with Gasteiger partial charge < -0.3 is 14.9 Å². The summed E-state index contributed by atoms with van der Waals surface area (Å²) >= 11 is 1.81. The van der Waals surface area contributed by atoms with E-state index in [0.717, 1.165) is 12.8 Å². The van der Waals surface area contributed by atoms with Crippen LogP contribution in [0.15, 0.2) is 60.7 Å². The molecule has 0 aromatic heterocycles. The topological polar surface area (TPSA) is 0 Å². The predicted molar refractivity (Wildman–Crippen MR) is 145 cm³/mol. The molecule has 172 valence electrons. The molecule has 0 N–H and O–H groups in total. The summed E-state index contributed by atoms with van der Waals surface area (Å²) in [7, 11) is 2.97. The van der Waals surface area contributed by atoms with E-state index in [9.17, 15) is 0 Å². The van der Waals surface area contributed by atoms with Crippen molar-refractivity contribution in [2.75, 3.05) is 0 Å². The van der Waals surface area contributed by atoms with Crippen LogP contribution in [-0.2, 0) is 32.0 Å². The van der Waals surface area contributed by atoms with Crippen LogP contribution in [0.2, 0.25) is 0 Å². The average molecular weight is 477 g/mol. The van der Waals surface area contributed by atoms with Crippen molar-refractivity contribution in [3.63, 3.8) is 0 Å². The summed E-state index contributed by atoms with van der Waals surface area (Å²) in [4.78, 5) is 0. The van der Waals surface area contributed by atoms with Crippen molar-refractivity contribution < 1.29 is 19.2 Å². The standard InChI is InChI=1S/2C14H17.2CH3.Si.Ti/c2*1-4-11-8-12-6-5-7-13(10(2)3)14(12)9-11;;;;/h2*5-10H,4H2,1-3H3;2*1H3;;/q4*-1;;. The second kappa shape index (κ2) is 14.7. The van der Waals surface area contributed by atoms with E-state index < -0.39 is 0 Å². The Labute approximate surface area is 211 Å². The fraction of sp³-hybridized carbons (Fsp3) is 0.333. The summed E-state index contributed by atoms with van der Waals surface area (Å²) in [5, 5.41) is 5.68. The van der Waals surface area contributed by atoms with E-state index in [-0.39, 0.29) is 14.9 Å². The SMILES string of the molecule is CCc1cc2c(C(C)C)cccc2[cH-]1.CCc1cc2c(C(C)C)cccc2[cH-]1.[CH3-].[CH3-].[Si]=[Ti]. The third-order valence-corrected chi connectivity index (χ3v) is 5.75. The zero-order valence-corrected chi connectivity index (χ0v) is 23.9. The van der Waals surface area contributed by atoms with Crippen molar-refractivity contribution >= 4 is 29.2 Å². The minimum atomic E-state index is 0. The van der Waals surface area contributed by atoms with Gasteiger partial charge in [-0.25, -0.2) is 0 Å². The first kappa shape index (κ1) is 30.6. The van der Waals surface area contributed by atoms with Gasteiger partial charge in [0.15, 0.2) is 0 Å². The Hall–Kier alpha value is -1.41. The second-order valence-electron chi connectivity index (χ2n) is 8.44. The Balaban J connectivity index is 0.000000527. The molecule has 0 saturated heterocycles. The zero-order valence-electron chi connectivity index (χ0n) is 21.3. The molecule has 32 heavy (non-hydrogen) atoms. The van der Waals surface area contributed by atoms with Gasteiger partial charge in [0.05, 0.1) is 0 Å². The van der Waals surface area contributed by atoms with Crippen LogP contribution in [0.4, 0.5) is 0 Å². The number of hydrogen-bond donors (Lipinski definition) is 0. The van der Waals surface area contributed by atoms with Crippen LogP contribution < -0.4 is 0 Å². The molecule has 2 heteroatoms. The van der Waals surface area contributed by atoms with E-state index in [1.54, 1.807) is 19.2 Å². The number of hydrogen-bond acceptors (Lipinski definition) is 0. The van der Waals surface area contributed by atoms with Gasteiger partial charge in [0, 0.05) is 0 Å². The van der Waals surface area contributed by atoms with E-state index in [1.165, 1.54) is 43.8 Å². The van der Waals surface area contributed by atoms with Crippen molar-refractivity contribution in [1.82, 2.24) is 0 Å². The van der Waals surface area contributed by atoms with Gasteiger partial charge in [-0.15, -0.1) is 69.1 Å². The molecule has 2 radical (unpaired) electrons. The van der Waals surface area contributed by atoms with Crippen molar-refractivity contribution in [2.45, 2.75) is 66.2 Å². The van der Waals surface area contributed by atoms with Gasteiger partial charge in [0.2, 0.25) is 0 Å². The number of benzene rings is 2. The van der Waals surface area contributed by atoms with Gasteiger partial charge in [-0.2, -0.15) is 12.1 Å². The molecule has 0 atom stereocenters. The maximum atomic E-state index is 2.97. The first-order valence-corrected chi connectivity index (χ1v) is 13.9. The average Bonchev–Trinajstić information content (AvgIpc) is 3.38. The third kappa shape index (κ3) is 7.30. The van der Waals surface area contributed by atoms with Gasteiger partial charge in [0.1, 0.15) is 0 Å². The molecule has 0 heterocycles. The van der Waals surface area contributed by atoms with Crippen LogP contribution in [0, 0.1) is 14.9 Å². The Morgan fingerprint density at radius 2 is 1.03 bits per heavy atom. The summed E-state index contributed by atoms with van der Waals surface area (Å²) in [6.07, 6.45) is 2.26. The quantitative estimate of drug-likeness (QED) is 0.204. The fourth-order valence-electron chi connectivity index (χ4n) is 4.06. The summed E-state index contributed by atoms with van der Waals surface area (Å²) in [6.45, 7) is 13.5. The number of fused-ring (bicyclic) bond motifs is 2. The van der Waals surface area contributed by atoms with Gasteiger partial charge >= 0.3 is 26.8 Å². The van der Waals surface area contributed by atoms with Crippen LogP contribution in [0.3, 0.4) is 0 Å². The molecule has 0 aliphatic heterocycles. The van der Waals surface area contributed by atoms with E-state index in [2.05, 4.69) is 110 Å². The maximum absolute atomic E-state index is 2.97. The van der Waals surface area contributed by atoms with Gasteiger partial charge in [-0.1, -0.05) is 64.8 Å². The predicted octanol–water partition coefficient (Wildman–Crippen LogP) is 9.01. The summed E-state index contributed by atoms with van der Waals surface area (Å²) in [6, 6.07) is 22.5. The van der Waals surface area contributed by atoms with E-state index >= 15 is 0 Å². The molecule has 0 unspecified atom stereocenters. The third-order valence-electron chi connectivity index (χ3n) is 5.75. The van der Waals surface area contributed by atoms with Crippen molar-refractivity contribution in [1.29, 1.82) is 0 Å². The van der Waals surface area contributed by atoms with Crippen molar-refractivity contribution in [2.24, 2.45) is 0 Å². The van der Waals surface area contributed by atoms with E-state index in [1.807, 2.05) is 0 Å². The molecule has 0 spiro atoms. The molecule has 4 aromatic rings. The van der Waals surface area contributed by atoms with Gasteiger partial charge in [-0.3, -0.25) is 0 Å². The Kier molecular flexibility index (Phi) is 14.0. The minimum absolute atomic E-state index is 0. The zero-order chi connectivity index (χ0) is 22.3. The monoisotopic (exact) mass is 476 g/mol. The van der Waals surface area contributed by atoms with Crippen molar-refractivity contribution in [3.8, 4) is 0 Å². The van der Waals surface area contributed by atoms with Crippen LogP contribution in [-0.4, -0.2) is 7.63 Å². The van der Waals surface area contributed by atoms with Gasteiger partial charge in [-0.05, 0) is 24.7 Å². The Morgan fingerprint density at radius 3 is 1.31 bits per heavy atom. The molecule has 4 aromatic carbocycles. The number of aryl methyl sites for hydroxylation is 2. The summed E-state index contributed by atoms with van der Waals surface area (Å²) < 4.78 is 0. The molecule has 0 saturated carbocycles. The normalized spacial score (nSPS) is 10.1. The van der Waals surface area contributed by atoms with E-state index in [4.69, 9.17) is 0 Å². The second-order valence-corrected chi connectivity index (χ2v) is 8.44. The van der Waals surface area contributed by atoms with Crippen LogP contribution >= 0.6 is 0 Å². The van der Waals surface area contributed by atoms with Gasteiger partial charge in [0.25, 0.3) is 0 Å². The first-order chi connectivity index (χ1) is 14.4. The fourth-order valence-corrected chi connectivity index (χ4v) is 4.06. The molecule has 0 aliphatic carbocycles. The Morgan fingerprint density at radius 1 is 0.688 bits per heavy atom. The molecule has 0 amide bonds. The van der Waals surface area contributed by atoms with Crippen molar-refractivity contribution in [3.05, 3.63) is 97.8 Å². The van der Waals surface area contributed by atoms with E-state index in [0.29, 0.717) is 11.8 Å². The molecule has 0 bridgehead atoms. The molecule has 0 nitrogen and oxygen atoms in total. The van der Waals surface area contributed by atoms with Crippen LogP contribution in [0.25, 0.3) is 21.5 Å². The van der Waals surface area contributed by atoms with Crippen LogP contribution in [0.5, 0.6) is 0 Å². The Bertz CT molecular complexity index is 979. The number of rotatable bonds is 4. The molecule has 4 rings (SSSR count). The summed E-state index contributed by atoms with van der Waals surface area (Å²) in [5.41, 5.74) is 5.85. The first-order valence-electron chi connectivity index (χ1n) is 11.1. The molecular formula is C30H40SiTi-4. The van der Waals surface area contributed by atoms with Crippen LogP contribution in [0.1, 0.15) is 75.6 Å². The molecule has 0 fully saturated rings. The summed E-state index contributed by atoms with van der Waals surface area (Å²) in [5.74, 6) is 1.23. The molecular weight excluding hydrogens is 436 g/mol.